The Kier molecular flexibility index (Phi) is 4.08. The molecule has 2 fully saturated rings. The highest BCUT2D eigenvalue weighted by molar-refractivity contribution is 7.15. The number of nitrogens with zero attached hydrogens (tertiary/aromatic N) is 4. The number of nitrogens with one attached hydrogen (secondary N) is 1. The third kappa shape index (κ3) is 3.46. The van der Waals surface area contributed by atoms with Crippen LogP contribution in [0.4, 0.5) is 14.3 Å². The zero-order chi connectivity index (χ0) is 17.4. The molecule has 1 aliphatic carbocycles. The van der Waals surface area contributed by atoms with E-state index in [4.69, 9.17) is 0 Å². The lowest BCUT2D eigenvalue weighted by Crippen LogP contribution is -2.35. The van der Waals surface area contributed by atoms with Crippen LogP contribution in [0.2, 0.25) is 0 Å². The van der Waals surface area contributed by atoms with Crippen molar-refractivity contribution >= 4 is 28.4 Å². The van der Waals surface area contributed by atoms with Gasteiger partial charge in [0.25, 0.3) is 0 Å². The van der Waals surface area contributed by atoms with Crippen LogP contribution in [0.25, 0.3) is 0 Å². The number of amides is 3. The first kappa shape index (κ1) is 15.9. The van der Waals surface area contributed by atoms with Gasteiger partial charge in [0.1, 0.15) is 17.4 Å². The fourth-order valence-electron chi connectivity index (χ4n) is 2.76. The summed E-state index contributed by atoms with van der Waals surface area (Å²) in [4.78, 5) is 27.4. The first-order chi connectivity index (χ1) is 12.1. The monoisotopic (exact) mass is 361 g/mol. The van der Waals surface area contributed by atoms with Crippen LogP contribution in [0.1, 0.15) is 23.4 Å². The molecule has 0 spiro atoms. The minimum atomic E-state index is -0.370. The van der Waals surface area contributed by atoms with Crippen molar-refractivity contribution in [2.45, 2.75) is 25.3 Å². The number of carbonyl (C=O) groups excluding carboxylic acids is 2. The van der Waals surface area contributed by atoms with Crippen LogP contribution >= 0.6 is 11.3 Å². The molecule has 7 nitrogen and oxygen atoms in total. The number of benzene rings is 1. The number of anilines is 1. The van der Waals surface area contributed by atoms with E-state index in [1.165, 1.54) is 22.3 Å². The van der Waals surface area contributed by atoms with Crippen molar-refractivity contribution in [3.8, 4) is 0 Å². The Labute approximate surface area is 147 Å². The maximum absolute atomic E-state index is 13.7. The predicted octanol–water partition coefficient (Wildman–Crippen LogP) is 2.06. The van der Waals surface area contributed by atoms with E-state index in [9.17, 15) is 14.0 Å². The Morgan fingerprint density at radius 2 is 2.12 bits per heavy atom. The fraction of sp³-hybridized carbons (Fsp3) is 0.375. The Balaban J connectivity index is 1.37. The first-order valence-electron chi connectivity index (χ1n) is 8.01. The number of hydrogen-bond donors (Lipinski definition) is 1. The van der Waals surface area contributed by atoms with Crippen molar-refractivity contribution in [1.82, 2.24) is 20.0 Å². The summed E-state index contributed by atoms with van der Waals surface area (Å²) in [5, 5.41) is 11.5. The van der Waals surface area contributed by atoms with Gasteiger partial charge in [-0.15, -0.1) is 10.2 Å². The number of aromatic nitrogens is 2. The largest absolute Gasteiger partial charge is 0.325 e. The van der Waals surface area contributed by atoms with Gasteiger partial charge in [0.2, 0.25) is 11.0 Å². The molecular formula is C16H16FN5O2S. The van der Waals surface area contributed by atoms with Gasteiger partial charge in [0, 0.05) is 12.5 Å². The van der Waals surface area contributed by atoms with Gasteiger partial charge in [-0.1, -0.05) is 29.5 Å². The third-order valence-corrected chi connectivity index (χ3v) is 5.06. The number of carbonyl (C=O) groups is 2. The molecule has 1 aromatic carbocycles. The first-order valence-corrected chi connectivity index (χ1v) is 8.83. The predicted molar refractivity (Wildman–Crippen MR) is 89.6 cm³/mol. The highest BCUT2D eigenvalue weighted by atomic mass is 32.1. The second-order valence-electron chi connectivity index (χ2n) is 6.13. The second kappa shape index (κ2) is 6.40. The van der Waals surface area contributed by atoms with Crippen molar-refractivity contribution < 1.29 is 14.0 Å². The molecule has 0 unspecified atom stereocenters. The molecule has 2 aliphatic rings. The summed E-state index contributed by atoms with van der Waals surface area (Å²) in [6, 6.07) is 6.40. The lowest BCUT2D eigenvalue weighted by Gasteiger charge is -2.17. The molecule has 130 valence electrons. The molecule has 9 heteroatoms. The summed E-state index contributed by atoms with van der Waals surface area (Å²) in [6.07, 6.45) is 2.34. The van der Waals surface area contributed by atoms with Crippen molar-refractivity contribution in [3.63, 3.8) is 0 Å². The van der Waals surface area contributed by atoms with E-state index in [-0.39, 0.29) is 24.3 Å². The van der Waals surface area contributed by atoms with Crippen LogP contribution in [-0.2, 0) is 11.2 Å². The van der Waals surface area contributed by atoms with Gasteiger partial charge in [0.15, 0.2) is 0 Å². The van der Waals surface area contributed by atoms with E-state index < -0.39 is 0 Å². The van der Waals surface area contributed by atoms with Gasteiger partial charge in [-0.25, -0.2) is 9.18 Å². The number of halogens is 1. The molecule has 0 radical (unpaired) electrons. The van der Waals surface area contributed by atoms with Crippen LogP contribution in [0.15, 0.2) is 24.3 Å². The van der Waals surface area contributed by atoms with Crippen LogP contribution in [0.5, 0.6) is 0 Å². The topological polar surface area (TPSA) is 78.4 Å². The molecule has 1 aromatic heterocycles. The van der Waals surface area contributed by atoms with E-state index in [1.54, 1.807) is 23.1 Å². The van der Waals surface area contributed by atoms with Gasteiger partial charge in [0.05, 0.1) is 6.67 Å². The van der Waals surface area contributed by atoms with Crippen LogP contribution < -0.4 is 5.32 Å². The standard InChI is InChI=1S/C16H16FN5O2S/c17-12-4-2-1-3-10(12)7-13-19-20-15(25-13)18-16(24)21-8-14(23)22(9-21)11-5-6-11/h1-4,11H,5-9H2,(H,18,20,24). The zero-order valence-corrected chi connectivity index (χ0v) is 14.1. The lowest BCUT2D eigenvalue weighted by atomic mass is 10.1. The summed E-state index contributed by atoms with van der Waals surface area (Å²) < 4.78 is 13.7. The van der Waals surface area contributed by atoms with Gasteiger partial charge in [-0.2, -0.15) is 0 Å². The molecule has 3 amide bonds. The van der Waals surface area contributed by atoms with Gasteiger partial charge < -0.3 is 4.90 Å². The summed E-state index contributed by atoms with van der Waals surface area (Å²) in [7, 11) is 0. The SMILES string of the molecule is O=C(Nc1nnc(Cc2ccccc2F)s1)N1CC(=O)N(C2CC2)C1. The van der Waals surface area contributed by atoms with Crippen molar-refractivity contribution in [1.29, 1.82) is 0 Å². The Morgan fingerprint density at radius 1 is 1.32 bits per heavy atom. The normalized spacial score (nSPS) is 17.2. The van der Waals surface area contributed by atoms with Crippen molar-refractivity contribution in [2.75, 3.05) is 18.5 Å². The Bertz CT molecular complexity index is 822. The molecule has 2 aromatic rings. The van der Waals surface area contributed by atoms with Gasteiger partial charge in [-0.3, -0.25) is 15.0 Å². The third-order valence-electron chi connectivity index (χ3n) is 4.22. The maximum atomic E-state index is 13.7. The van der Waals surface area contributed by atoms with E-state index in [2.05, 4.69) is 15.5 Å². The average Bonchev–Trinajstić information content (AvgIpc) is 3.22. The Morgan fingerprint density at radius 3 is 2.88 bits per heavy atom. The molecule has 1 N–H and O–H groups in total. The molecular weight excluding hydrogens is 345 g/mol. The highest BCUT2D eigenvalue weighted by Gasteiger charge is 2.40. The highest BCUT2D eigenvalue weighted by Crippen LogP contribution is 2.29. The summed E-state index contributed by atoms with van der Waals surface area (Å²) >= 11 is 1.20. The molecule has 1 saturated carbocycles. The quantitative estimate of drug-likeness (QED) is 0.904. The molecule has 0 bridgehead atoms. The average molecular weight is 361 g/mol. The fourth-order valence-corrected chi connectivity index (χ4v) is 3.51. The van der Waals surface area contributed by atoms with E-state index in [0.29, 0.717) is 34.8 Å². The number of urea groups is 1. The summed E-state index contributed by atoms with van der Waals surface area (Å²) in [5.74, 6) is -0.311. The molecule has 0 atom stereocenters. The summed E-state index contributed by atoms with van der Waals surface area (Å²) in [5.41, 5.74) is 0.529. The number of hydrogen-bond acceptors (Lipinski definition) is 5. The summed E-state index contributed by atoms with van der Waals surface area (Å²) in [6.45, 7) is 0.402. The minimum Gasteiger partial charge on any atom is -0.320 e. The Hall–Kier alpha value is -2.55. The van der Waals surface area contributed by atoms with E-state index in [0.717, 1.165) is 12.8 Å². The zero-order valence-electron chi connectivity index (χ0n) is 13.3. The van der Waals surface area contributed by atoms with Crippen molar-refractivity contribution in [2.24, 2.45) is 0 Å². The van der Waals surface area contributed by atoms with E-state index >= 15 is 0 Å². The number of rotatable bonds is 4. The minimum absolute atomic E-state index is 0.0184. The van der Waals surface area contributed by atoms with Crippen LogP contribution in [0.3, 0.4) is 0 Å². The van der Waals surface area contributed by atoms with Crippen LogP contribution in [-0.4, -0.2) is 51.2 Å². The van der Waals surface area contributed by atoms with Gasteiger partial charge >= 0.3 is 6.03 Å². The molecule has 4 rings (SSSR count). The molecule has 2 heterocycles. The van der Waals surface area contributed by atoms with E-state index in [1.807, 2.05) is 0 Å². The molecule has 1 saturated heterocycles. The molecule has 1 aliphatic heterocycles. The lowest BCUT2D eigenvalue weighted by molar-refractivity contribution is -0.127. The second-order valence-corrected chi connectivity index (χ2v) is 7.20. The molecule has 25 heavy (non-hydrogen) atoms. The van der Waals surface area contributed by atoms with Crippen LogP contribution in [0, 0.1) is 5.82 Å². The smallest absolute Gasteiger partial charge is 0.320 e. The maximum Gasteiger partial charge on any atom is 0.325 e. The van der Waals surface area contributed by atoms with Gasteiger partial charge in [-0.05, 0) is 24.5 Å². The van der Waals surface area contributed by atoms with Crippen molar-refractivity contribution in [3.05, 3.63) is 40.7 Å².